The molecule has 0 spiro atoms. The molecule has 5 nitrogen and oxygen atoms in total. The van der Waals surface area contributed by atoms with Gasteiger partial charge in [0.25, 0.3) is 0 Å². The van der Waals surface area contributed by atoms with Crippen molar-refractivity contribution in [3.63, 3.8) is 0 Å². The highest BCUT2D eigenvalue weighted by Crippen LogP contribution is 2.49. The maximum atomic E-state index is 15.1. The molecule has 5 rings (SSSR count). The van der Waals surface area contributed by atoms with Crippen molar-refractivity contribution in [1.82, 2.24) is 4.31 Å². The average Bonchev–Trinajstić information content (AvgIpc) is 3.19. The summed E-state index contributed by atoms with van der Waals surface area (Å²) in [5.41, 5.74) is 3.62. The Balaban J connectivity index is 1.60. The van der Waals surface area contributed by atoms with Gasteiger partial charge >= 0.3 is 5.79 Å². The fourth-order valence-corrected chi connectivity index (χ4v) is 5.98. The van der Waals surface area contributed by atoms with E-state index < -0.39 is 21.6 Å². The number of fused-ring (bicyclic) bond motifs is 1. The van der Waals surface area contributed by atoms with Crippen LogP contribution in [0.25, 0.3) is 0 Å². The van der Waals surface area contributed by atoms with Crippen LogP contribution in [0.4, 0.5) is 4.39 Å². The molecule has 0 atom stereocenters. The van der Waals surface area contributed by atoms with Crippen LogP contribution in [0, 0.1) is 19.7 Å². The SMILES string of the molecule is Cc1ccc(C2(c3ccc(C)cc3)Oc3cc(F)c(S(=O)(=O)N4CCCCC4)cc3O2)cc1. The highest BCUT2D eigenvalue weighted by atomic mass is 32.2. The molecular weight excluding hydrogens is 441 g/mol. The van der Waals surface area contributed by atoms with Gasteiger partial charge in [-0.25, -0.2) is 12.8 Å². The first-order valence-electron chi connectivity index (χ1n) is 11.2. The van der Waals surface area contributed by atoms with E-state index >= 15 is 4.39 Å². The molecule has 7 heteroatoms. The minimum atomic E-state index is -3.97. The molecule has 1 fully saturated rings. The topological polar surface area (TPSA) is 55.8 Å². The molecule has 0 radical (unpaired) electrons. The lowest BCUT2D eigenvalue weighted by atomic mass is 9.95. The summed E-state index contributed by atoms with van der Waals surface area (Å²) in [6, 6.07) is 17.8. The molecule has 1 saturated heterocycles. The van der Waals surface area contributed by atoms with E-state index in [9.17, 15) is 8.42 Å². The molecule has 172 valence electrons. The number of hydrogen-bond acceptors (Lipinski definition) is 4. The van der Waals surface area contributed by atoms with E-state index in [1.54, 1.807) is 0 Å². The van der Waals surface area contributed by atoms with Crippen molar-refractivity contribution in [2.24, 2.45) is 0 Å². The van der Waals surface area contributed by atoms with Crippen molar-refractivity contribution in [2.45, 2.75) is 43.8 Å². The molecule has 0 aromatic heterocycles. The van der Waals surface area contributed by atoms with Crippen LogP contribution in [-0.4, -0.2) is 25.8 Å². The van der Waals surface area contributed by atoms with Gasteiger partial charge in [-0.3, -0.25) is 0 Å². The zero-order valence-corrected chi connectivity index (χ0v) is 19.5. The number of sulfonamides is 1. The van der Waals surface area contributed by atoms with Gasteiger partial charge in [-0.05, 0) is 26.7 Å². The first-order chi connectivity index (χ1) is 15.8. The number of halogens is 1. The lowest BCUT2D eigenvalue weighted by Crippen LogP contribution is -2.37. The molecule has 3 aromatic rings. The minimum Gasteiger partial charge on any atom is -0.440 e. The summed E-state index contributed by atoms with van der Waals surface area (Å²) >= 11 is 0. The Labute approximate surface area is 193 Å². The number of aryl methyl sites for hydroxylation is 2. The molecule has 0 saturated carbocycles. The summed E-state index contributed by atoms with van der Waals surface area (Å²) in [6.07, 6.45) is 2.52. The van der Waals surface area contributed by atoms with Gasteiger partial charge in [-0.1, -0.05) is 66.1 Å². The molecule has 0 aliphatic carbocycles. The molecule has 0 N–H and O–H groups in total. The second-order valence-corrected chi connectivity index (χ2v) is 10.7. The van der Waals surface area contributed by atoms with Gasteiger partial charge in [0, 0.05) is 36.3 Å². The third-order valence-electron chi connectivity index (χ3n) is 6.30. The minimum absolute atomic E-state index is 0.172. The Bertz CT molecular complexity index is 1240. The molecule has 0 amide bonds. The quantitative estimate of drug-likeness (QED) is 0.523. The Hall–Kier alpha value is -2.90. The van der Waals surface area contributed by atoms with Crippen LogP contribution < -0.4 is 9.47 Å². The van der Waals surface area contributed by atoms with Crippen LogP contribution in [0.15, 0.2) is 65.6 Å². The van der Waals surface area contributed by atoms with Crippen LogP contribution in [0.5, 0.6) is 11.5 Å². The summed E-state index contributed by atoms with van der Waals surface area (Å²) in [4.78, 5) is -0.379. The lowest BCUT2D eigenvalue weighted by Gasteiger charge is -2.29. The second kappa shape index (κ2) is 8.15. The predicted octanol–water partition coefficient (Wildman–Crippen LogP) is 5.29. The van der Waals surface area contributed by atoms with Crippen LogP contribution in [0.1, 0.15) is 41.5 Å². The molecule has 2 aliphatic rings. The van der Waals surface area contributed by atoms with Crippen molar-refractivity contribution < 1.29 is 22.3 Å². The van der Waals surface area contributed by atoms with Crippen molar-refractivity contribution in [3.05, 3.63) is 88.7 Å². The normalized spacial score (nSPS) is 17.8. The number of piperidine rings is 1. The Morgan fingerprint density at radius 2 is 1.27 bits per heavy atom. The first kappa shape index (κ1) is 21.9. The number of rotatable bonds is 4. The summed E-state index contributed by atoms with van der Waals surface area (Å²) in [5.74, 6) is -1.81. The zero-order valence-electron chi connectivity index (χ0n) is 18.7. The van der Waals surface area contributed by atoms with Gasteiger partial charge in [0.05, 0.1) is 0 Å². The third kappa shape index (κ3) is 3.79. The van der Waals surface area contributed by atoms with Gasteiger partial charge in [-0.2, -0.15) is 4.31 Å². The first-order valence-corrected chi connectivity index (χ1v) is 12.6. The van der Waals surface area contributed by atoms with Crippen LogP contribution >= 0.6 is 0 Å². The van der Waals surface area contributed by atoms with E-state index in [1.807, 2.05) is 62.4 Å². The maximum absolute atomic E-state index is 15.1. The molecule has 33 heavy (non-hydrogen) atoms. The fourth-order valence-electron chi connectivity index (χ4n) is 4.40. The Morgan fingerprint density at radius 1 is 0.788 bits per heavy atom. The molecule has 0 unspecified atom stereocenters. The van der Waals surface area contributed by atoms with Crippen molar-refractivity contribution in [2.75, 3.05) is 13.1 Å². The van der Waals surface area contributed by atoms with Crippen LogP contribution in [-0.2, 0) is 15.8 Å². The highest BCUT2D eigenvalue weighted by Gasteiger charge is 2.46. The van der Waals surface area contributed by atoms with E-state index in [0.29, 0.717) is 13.1 Å². The van der Waals surface area contributed by atoms with Gasteiger partial charge < -0.3 is 9.47 Å². The van der Waals surface area contributed by atoms with Gasteiger partial charge in [-0.15, -0.1) is 0 Å². The van der Waals surface area contributed by atoms with E-state index in [0.717, 1.165) is 47.6 Å². The lowest BCUT2D eigenvalue weighted by molar-refractivity contribution is -0.0460. The predicted molar refractivity (Wildman–Crippen MR) is 123 cm³/mol. The summed E-state index contributed by atoms with van der Waals surface area (Å²) in [6.45, 7) is 4.76. The molecule has 2 aliphatic heterocycles. The van der Waals surface area contributed by atoms with Crippen molar-refractivity contribution in [3.8, 4) is 11.5 Å². The monoisotopic (exact) mass is 467 g/mol. The summed E-state index contributed by atoms with van der Waals surface area (Å²) in [5, 5.41) is 0. The van der Waals surface area contributed by atoms with Gasteiger partial charge in [0.15, 0.2) is 11.5 Å². The molecule has 2 heterocycles. The van der Waals surface area contributed by atoms with Gasteiger partial charge in [0.2, 0.25) is 10.0 Å². The zero-order chi connectivity index (χ0) is 23.2. The average molecular weight is 468 g/mol. The van der Waals surface area contributed by atoms with Gasteiger partial charge in [0.1, 0.15) is 10.7 Å². The number of benzene rings is 3. The smallest absolute Gasteiger partial charge is 0.305 e. The third-order valence-corrected chi connectivity index (χ3v) is 8.22. The maximum Gasteiger partial charge on any atom is 0.305 e. The van der Waals surface area contributed by atoms with Crippen molar-refractivity contribution >= 4 is 10.0 Å². The van der Waals surface area contributed by atoms with E-state index in [4.69, 9.17) is 9.47 Å². The highest BCUT2D eigenvalue weighted by molar-refractivity contribution is 7.89. The molecule has 3 aromatic carbocycles. The van der Waals surface area contributed by atoms with Crippen molar-refractivity contribution in [1.29, 1.82) is 0 Å². The Kier molecular flexibility index (Phi) is 5.41. The number of nitrogens with zero attached hydrogens (tertiary/aromatic N) is 1. The molecular formula is C26H26FNO4S. The molecule has 0 bridgehead atoms. The van der Waals surface area contributed by atoms with Crippen LogP contribution in [0.2, 0.25) is 0 Å². The van der Waals surface area contributed by atoms with Crippen LogP contribution in [0.3, 0.4) is 0 Å². The van der Waals surface area contributed by atoms with E-state index in [1.165, 1.54) is 10.4 Å². The second-order valence-electron chi connectivity index (χ2n) is 8.75. The van der Waals surface area contributed by atoms with E-state index in [-0.39, 0.29) is 16.4 Å². The standard InChI is InChI=1S/C26H26FNO4S/c1-18-6-10-20(11-7-18)26(21-12-8-19(2)9-13-21)31-23-16-22(27)25(17-24(23)32-26)33(29,30)28-14-4-3-5-15-28/h6-13,16-17H,3-5,14-15H2,1-2H3. The number of ether oxygens (including phenoxy) is 2. The largest absolute Gasteiger partial charge is 0.440 e. The fraction of sp³-hybridized carbons (Fsp3) is 0.308. The summed E-state index contributed by atoms with van der Waals surface area (Å²) < 4.78 is 55.4. The number of hydrogen-bond donors (Lipinski definition) is 0. The summed E-state index contributed by atoms with van der Waals surface area (Å²) in [7, 11) is -3.97. The van der Waals surface area contributed by atoms with E-state index in [2.05, 4.69) is 0 Å². The Morgan fingerprint density at radius 3 is 1.79 bits per heavy atom.